The van der Waals surface area contributed by atoms with E-state index in [0.29, 0.717) is 6.54 Å². The van der Waals surface area contributed by atoms with Crippen LogP contribution in [0.5, 0.6) is 0 Å². The molecule has 0 aliphatic heterocycles. The van der Waals surface area contributed by atoms with Crippen LogP contribution in [-0.2, 0) is 6.18 Å². The minimum Gasteiger partial charge on any atom is -0.334 e. The predicted molar refractivity (Wildman–Crippen MR) is 66.2 cm³/mol. The van der Waals surface area contributed by atoms with Crippen molar-refractivity contribution in [3.63, 3.8) is 0 Å². The third-order valence-electron chi connectivity index (χ3n) is 3.01. The van der Waals surface area contributed by atoms with Gasteiger partial charge >= 0.3 is 6.18 Å². The number of hydrogen-bond acceptors (Lipinski definition) is 1. The van der Waals surface area contributed by atoms with Gasteiger partial charge in [0.05, 0.1) is 5.56 Å². The minimum atomic E-state index is -4.44. The Morgan fingerprint density at radius 2 is 2.05 bits per heavy atom. The molecular weight excluding hydrogens is 279 g/mol. The molecule has 1 amide bonds. The lowest BCUT2D eigenvalue weighted by Crippen LogP contribution is -2.34. The molecule has 0 spiro atoms. The zero-order chi connectivity index (χ0) is 14.0. The van der Waals surface area contributed by atoms with Gasteiger partial charge in [0.25, 0.3) is 5.91 Å². The van der Waals surface area contributed by atoms with Gasteiger partial charge in [-0.2, -0.15) is 13.2 Å². The van der Waals surface area contributed by atoms with E-state index in [1.54, 1.807) is 4.90 Å². The van der Waals surface area contributed by atoms with E-state index in [1.165, 1.54) is 12.1 Å². The van der Waals surface area contributed by atoms with Crippen LogP contribution in [0.2, 0.25) is 0 Å². The summed E-state index contributed by atoms with van der Waals surface area (Å²) in [6, 6.07) is 4.63. The first kappa shape index (κ1) is 14.2. The first-order valence-corrected chi connectivity index (χ1v) is 6.51. The van der Waals surface area contributed by atoms with Crippen molar-refractivity contribution < 1.29 is 18.0 Å². The van der Waals surface area contributed by atoms with Gasteiger partial charge in [-0.15, -0.1) is 11.6 Å². The maximum atomic E-state index is 12.6. The van der Waals surface area contributed by atoms with Crippen molar-refractivity contribution in [1.29, 1.82) is 0 Å². The standard InChI is InChI=1S/C13H13ClF3NO/c14-6-7-18(11-4-5-11)12(19)9-2-1-3-10(8-9)13(15,16)17/h1-3,8,11H,4-7H2. The highest BCUT2D eigenvalue weighted by Gasteiger charge is 2.34. The van der Waals surface area contributed by atoms with Crippen molar-refractivity contribution >= 4 is 17.5 Å². The molecule has 0 atom stereocenters. The second-order valence-electron chi connectivity index (χ2n) is 4.50. The zero-order valence-corrected chi connectivity index (χ0v) is 10.8. The summed E-state index contributed by atoms with van der Waals surface area (Å²) in [6.07, 6.45) is -2.66. The van der Waals surface area contributed by atoms with Gasteiger partial charge in [-0.05, 0) is 31.0 Å². The first-order chi connectivity index (χ1) is 8.93. The van der Waals surface area contributed by atoms with E-state index in [1.807, 2.05) is 0 Å². The van der Waals surface area contributed by atoms with Crippen molar-refractivity contribution in [2.45, 2.75) is 25.1 Å². The second kappa shape index (κ2) is 5.41. The van der Waals surface area contributed by atoms with E-state index in [-0.39, 0.29) is 23.4 Å². The number of halogens is 4. The van der Waals surface area contributed by atoms with E-state index in [0.717, 1.165) is 25.0 Å². The highest BCUT2D eigenvalue weighted by molar-refractivity contribution is 6.18. The first-order valence-electron chi connectivity index (χ1n) is 5.97. The van der Waals surface area contributed by atoms with Crippen LogP contribution in [0.1, 0.15) is 28.8 Å². The number of carbonyl (C=O) groups is 1. The van der Waals surface area contributed by atoms with E-state index in [2.05, 4.69) is 0 Å². The van der Waals surface area contributed by atoms with Crippen LogP contribution >= 0.6 is 11.6 Å². The smallest absolute Gasteiger partial charge is 0.334 e. The molecule has 1 saturated carbocycles. The predicted octanol–water partition coefficient (Wildman–Crippen LogP) is 3.55. The highest BCUT2D eigenvalue weighted by atomic mass is 35.5. The average Bonchev–Trinajstić information content (AvgIpc) is 3.18. The maximum Gasteiger partial charge on any atom is 0.416 e. The molecule has 0 aromatic heterocycles. The van der Waals surface area contributed by atoms with Gasteiger partial charge in [0, 0.05) is 24.0 Å². The third-order valence-corrected chi connectivity index (χ3v) is 3.18. The van der Waals surface area contributed by atoms with Crippen molar-refractivity contribution in [1.82, 2.24) is 4.90 Å². The van der Waals surface area contributed by atoms with E-state index in [9.17, 15) is 18.0 Å². The monoisotopic (exact) mass is 291 g/mol. The maximum absolute atomic E-state index is 12.6. The molecule has 6 heteroatoms. The van der Waals surface area contributed by atoms with Crippen LogP contribution in [0.25, 0.3) is 0 Å². The number of benzene rings is 1. The van der Waals surface area contributed by atoms with Crippen molar-refractivity contribution in [3.8, 4) is 0 Å². The van der Waals surface area contributed by atoms with Crippen LogP contribution in [-0.4, -0.2) is 29.3 Å². The summed E-state index contributed by atoms with van der Waals surface area (Å²) < 4.78 is 37.8. The Balaban J connectivity index is 2.22. The molecule has 0 radical (unpaired) electrons. The lowest BCUT2D eigenvalue weighted by atomic mass is 10.1. The lowest BCUT2D eigenvalue weighted by Gasteiger charge is -2.21. The lowest BCUT2D eigenvalue weighted by molar-refractivity contribution is -0.137. The van der Waals surface area contributed by atoms with Crippen molar-refractivity contribution in [2.75, 3.05) is 12.4 Å². The van der Waals surface area contributed by atoms with Gasteiger partial charge in [-0.25, -0.2) is 0 Å². The normalized spacial score (nSPS) is 15.4. The fourth-order valence-electron chi connectivity index (χ4n) is 1.92. The fraction of sp³-hybridized carbons (Fsp3) is 0.462. The molecule has 0 unspecified atom stereocenters. The van der Waals surface area contributed by atoms with Gasteiger partial charge in [0.15, 0.2) is 0 Å². The molecule has 1 aliphatic rings. The fourth-order valence-corrected chi connectivity index (χ4v) is 2.10. The average molecular weight is 292 g/mol. The number of nitrogens with zero attached hydrogens (tertiary/aromatic N) is 1. The van der Waals surface area contributed by atoms with Gasteiger partial charge in [0.1, 0.15) is 0 Å². The molecule has 2 nitrogen and oxygen atoms in total. The largest absolute Gasteiger partial charge is 0.416 e. The summed E-state index contributed by atoms with van der Waals surface area (Å²) in [5, 5.41) is 0. The topological polar surface area (TPSA) is 20.3 Å². The number of rotatable bonds is 4. The van der Waals surface area contributed by atoms with E-state index >= 15 is 0 Å². The van der Waals surface area contributed by atoms with Crippen LogP contribution in [0.15, 0.2) is 24.3 Å². The third kappa shape index (κ3) is 3.41. The summed E-state index contributed by atoms with van der Waals surface area (Å²) >= 11 is 5.63. The summed E-state index contributed by atoms with van der Waals surface area (Å²) in [5.41, 5.74) is -0.744. The molecule has 1 fully saturated rings. The molecule has 0 saturated heterocycles. The molecule has 0 bridgehead atoms. The highest BCUT2D eigenvalue weighted by Crippen LogP contribution is 2.31. The number of amides is 1. The van der Waals surface area contributed by atoms with Crippen LogP contribution in [0.3, 0.4) is 0 Å². The van der Waals surface area contributed by atoms with Crippen LogP contribution in [0, 0.1) is 0 Å². The van der Waals surface area contributed by atoms with E-state index in [4.69, 9.17) is 11.6 Å². The number of carbonyl (C=O) groups excluding carboxylic acids is 1. The Hall–Kier alpha value is -1.23. The molecule has 104 valence electrons. The second-order valence-corrected chi connectivity index (χ2v) is 4.88. The molecule has 0 N–H and O–H groups in total. The quantitative estimate of drug-likeness (QED) is 0.777. The molecular formula is C13H13ClF3NO. The Kier molecular flexibility index (Phi) is 4.04. The van der Waals surface area contributed by atoms with Crippen LogP contribution < -0.4 is 0 Å². The Labute approximate surface area is 114 Å². The zero-order valence-electron chi connectivity index (χ0n) is 10.1. The Bertz CT molecular complexity index is 471. The van der Waals surface area contributed by atoms with Crippen molar-refractivity contribution in [3.05, 3.63) is 35.4 Å². The van der Waals surface area contributed by atoms with Gasteiger partial charge in [-0.3, -0.25) is 4.79 Å². The summed E-state index contributed by atoms with van der Waals surface area (Å²) in [7, 11) is 0. The Morgan fingerprint density at radius 1 is 1.37 bits per heavy atom. The SMILES string of the molecule is O=C(c1cccc(C(F)(F)F)c1)N(CCCl)C1CC1. The summed E-state index contributed by atoms with van der Waals surface area (Å²) in [5.74, 6) is -0.101. The Morgan fingerprint density at radius 3 is 2.58 bits per heavy atom. The van der Waals surface area contributed by atoms with Gasteiger partial charge in [-0.1, -0.05) is 6.07 Å². The molecule has 2 rings (SSSR count). The molecule has 1 aromatic carbocycles. The minimum absolute atomic E-state index is 0.0619. The molecule has 19 heavy (non-hydrogen) atoms. The number of hydrogen-bond donors (Lipinski definition) is 0. The van der Waals surface area contributed by atoms with Crippen LogP contribution in [0.4, 0.5) is 13.2 Å². The molecule has 1 aromatic rings. The number of alkyl halides is 4. The van der Waals surface area contributed by atoms with E-state index < -0.39 is 11.7 Å². The summed E-state index contributed by atoms with van der Waals surface area (Å²) in [6.45, 7) is 0.362. The molecule has 1 aliphatic carbocycles. The van der Waals surface area contributed by atoms with Crippen molar-refractivity contribution in [2.24, 2.45) is 0 Å². The molecule has 0 heterocycles. The van der Waals surface area contributed by atoms with Gasteiger partial charge < -0.3 is 4.90 Å². The summed E-state index contributed by atoms with van der Waals surface area (Å²) in [4.78, 5) is 13.8. The van der Waals surface area contributed by atoms with Gasteiger partial charge in [0.2, 0.25) is 0 Å².